The number of guanidine groups is 2. The van der Waals surface area contributed by atoms with Crippen molar-refractivity contribution < 1.29 is 29.2 Å². The van der Waals surface area contributed by atoms with Gasteiger partial charge in [-0.15, -0.1) is 0 Å². The molecule has 3 unspecified atom stereocenters. The van der Waals surface area contributed by atoms with Gasteiger partial charge in [0.2, 0.25) is 11.4 Å². The third kappa shape index (κ3) is 3.97. The first kappa shape index (κ1) is 27.2. The van der Waals surface area contributed by atoms with Gasteiger partial charge in [0.25, 0.3) is 11.8 Å². The van der Waals surface area contributed by atoms with Crippen molar-refractivity contribution in [2.75, 3.05) is 24.5 Å². The molecule has 14 nitrogen and oxygen atoms in total. The lowest BCUT2D eigenvalue weighted by molar-refractivity contribution is -0.623. The Balaban J connectivity index is 1.17. The maximum absolute atomic E-state index is 13.6. The zero-order valence-electron chi connectivity index (χ0n) is 23.4. The lowest BCUT2D eigenvalue weighted by atomic mass is 9.84. The number of aryl methyl sites for hydroxylation is 1. The molecule has 2 aromatic carbocycles. The van der Waals surface area contributed by atoms with Crippen molar-refractivity contribution in [1.82, 2.24) is 20.9 Å². The average molecular weight is 589 g/mol. The number of imide groups is 1. The Kier molecular flexibility index (Phi) is 6.11. The Morgan fingerprint density at radius 3 is 2.65 bits per heavy atom. The predicted octanol–water partition coefficient (Wildman–Crippen LogP) is -1.89. The van der Waals surface area contributed by atoms with Crippen LogP contribution in [0.5, 0.6) is 0 Å². The van der Waals surface area contributed by atoms with Crippen LogP contribution in [0, 0.1) is 0 Å². The van der Waals surface area contributed by atoms with Gasteiger partial charge in [-0.25, -0.2) is 14.4 Å². The molecule has 2 saturated heterocycles. The van der Waals surface area contributed by atoms with E-state index < -0.39 is 47.4 Å². The van der Waals surface area contributed by atoms with E-state index in [1.807, 2.05) is 18.2 Å². The van der Waals surface area contributed by atoms with Crippen LogP contribution >= 0.6 is 0 Å². The number of benzene rings is 2. The number of nitrogens with one attached hydrogen (secondary N) is 3. The van der Waals surface area contributed by atoms with Crippen LogP contribution in [0.3, 0.4) is 0 Å². The summed E-state index contributed by atoms with van der Waals surface area (Å²) in [6.45, 7) is -0.375. The molecule has 1 aliphatic carbocycles. The molecule has 2 fully saturated rings. The third-order valence-corrected chi connectivity index (χ3v) is 9.32. The van der Waals surface area contributed by atoms with E-state index in [-0.39, 0.29) is 31.6 Å². The summed E-state index contributed by atoms with van der Waals surface area (Å²) in [5.41, 5.74) is 14.0. The van der Waals surface area contributed by atoms with Crippen LogP contribution < -0.4 is 32.3 Å². The van der Waals surface area contributed by atoms with Gasteiger partial charge < -0.3 is 26.6 Å². The number of amides is 4. The topological polar surface area (TPSA) is 202 Å². The fourth-order valence-electron chi connectivity index (χ4n) is 7.26. The zero-order valence-corrected chi connectivity index (χ0v) is 23.4. The number of carbonyl (C=O) groups is 3. The summed E-state index contributed by atoms with van der Waals surface area (Å²) < 4.78 is 1.49. The van der Waals surface area contributed by atoms with E-state index in [1.165, 1.54) is 9.48 Å². The maximum atomic E-state index is 13.6. The highest BCUT2D eigenvalue weighted by Crippen LogP contribution is 2.42. The van der Waals surface area contributed by atoms with Gasteiger partial charge in [0.05, 0.1) is 13.1 Å². The van der Waals surface area contributed by atoms with Crippen molar-refractivity contribution in [3.8, 4) is 0 Å². The summed E-state index contributed by atoms with van der Waals surface area (Å²) in [5.74, 6) is -3.48. The fourth-order valence-corrected chi connectivity index (χ4v) is 7.26. The number of hydrogen-bond donors (Lipinski definition) is 7. The number of carbonyl (C=O) groups excluding carboxylic acids is 3. The fraction of sp³-hybridized carbons (Fsp3) is 0.414. The van der Waals surface area contributed by atoms with E-state index in [4.69, 9.17) is 11.5 Å². The van der Waals surface area contributed by atoms with Gasteiger partial charge in [-0.05, 0) is 55.0 Å². The lowest BCUT2D eigenvalue weighted by Crippen LogP contribution is -2.79. The Morgan fingerprint density at radius 2 is 1.86 bits per heavy atom. The molecule has 224 valence electrons. The van der Waals surface area contributed by atoms with Gasteiger partial charge in [-0.1, -0.05) is 30.3 Å². The molecule has 4 atom stereocenters. The number of rotatable bonds is 5. The minimum Gasteiger partial charge on any atom is -0.370 e. The molecule has 7 rings (SSSR count). The molecule has 5 aliphatic rings. The van der Waals surface area contributed by atoms with Crippen LogP contribution in [0.15, 0.2) is 53.5 Å². The highest BCUT2D eigenvalue weighted by atomic mass is 16.5. The van der Waals surface area contributed by atoms with Crippen LogP contribution in [0.4, 0.5) is 10.5 Å². The van der Waals surface area contributed by atoms with Crippen LogP contribution in [0.25, 0.3) is 0 Å². The Hall–Kier alpha value is -4.69. The molecule has 14 heteroatoms. The van der Waals surface area contributed by atoms with Crippen molar-refractivity contribution in [1.29, 1.82) is 0 Å². The number of aliphatic hydroxyl groups is 2. The SMILES string of the molecule is NC1=NC2[C@H](CN3C(=O)CN(c4ccccc4)C3=O)NC(N)=[N+]3CC(NC(=O)c4cccc5c4CCCC5)C(O)(O)C23N1. The number of aliphatic imine (C=N–C) groups is 1. The van der Waals surface area contributed by atoms with Crippen LogP contribution in [0.1, 0.15) is 34.3 Å². The number of nitrogens with zero attached hydrogens (tertiary/aromatic N) is 4. The van der Waals surface area contributed by atoms with Gasteiger partial charge in [-0.2, -0.15) is 0 Å². The van der Waals surface area contributed by atoms with Crippen molar-refractivity contribution in [3.05, 3.63) is 65.2 Å². The largest absolute Gasteiger partial charge is 0.370 e. The van der Waals surface area contributed by atoms with Crippen LogP contribution in [0.2, 0.25) is 0 Å². The van der Waals surface area contributed by atoms with Gasteiger partial charge in [0.1, 0.15) is 24.7 Å². The van der Waals surface area contributed by atoms with Crippen molar-refractivity contribution in [3.63, 3.8) is 0 Å². The number of para-hydroxylation sites is 1. The number of anilines is 1. The second-order valence-electron chi connectivity index (χ2n) is 11.7. The molecule has 4 heterocycles. The van der Waals surface area contributed by atoms with E-state index in [9.17, 15) is 24.6 Å². The molecule has 0 bridgehead atoms. The number of fused-ring (bicyclic) bond motifs is 1. The van der Waals surface area contributed by atoms with E-state index in [1.54, 1.807) is 30.3 Å². The van der Waals surface area contributed by atoms with Crippen molar-refractivity contribution >= 4 is 35.5 Å². The molecule has 0 saturated carbocycles. The highest BCUT2D eigenvalue weighted by molar-refractivity contribution is 6.12. The van der Waals surface area contributed by atoms with E-state index in [0.717, 1.165) is 41.7 Å². The Morgan fingerprint density at radius 1 is 1.09 bits per heavy atom. The van der Waals surface area contributed by atoms with Gasteiger partial charge in [0, 0.05) is 11.3 Å². The van der Waals surface area contributed by atoms with E-state index in [0.29, 0.717) is 11.3 Å². The summed E-state index contributed by atoms with van der Waals surface area (Å²) in [6, 6.07) is 10.9. The second-order valence-corrected chi connectivity index (χ2v) is 11.7. The van der Waals surface area contributed by atoms with E-state index in [2.05, 4.69) is 20.9 Å². The summed E-state index contributed by atoms with van der Waals surface area (Å²) in [6.07, 6.45) is 3.71. The first-order chi connectivity index (χ1) is 20.6. The molecule has 43 heavy (non-hydrogen) atoms. The van der Waals surface area contributed by atoms with Crippen molar-refractivity contribution in [2.24, 2.45) is 16.5 Å². The van der Waals surface area contributed by atoms with Crippen molar-refractivity contribution in [2.45, 2.75) is 55.3 Å². The van der Waals surface area contributed by atoms with Gasteiger partial charge in [0.15, 0.2) is 5.96 Å². The molecule has 4 aliphatic heterocycles. The number of urea groups is 1. The Labute approximate surface area is 247 Å². The molecule has 0 aromatic heterocycles. The second kappa shape index (κ2) is 9.67. The van der Waals surface area contributed by atoms with Gasteiger partial charge >= 0.3 is 12.0 Å². The maximum Gasteiger partial charge on any atom is 0.346 e. The van der Waals surface area contributed by atoms with Crippen LogP contribution in [-0.2, 0) is 17.6 Å². The monoisotopic (exact) mass is 588 g/mol. The molecular weight excluding hydrogens is 554 g/mol. The third-order valence-electron chi connectivity index (χ3n) is 9.32. The minimum absolute atomic E-state index is 0.0546. The summed E-state index contributed by atoms with van der Waals surface area (Å²) in [5, 5.41) is 32.5. The first-order valence-corrected chi connectivity index (χ1v) is 14.4. The molecule has 4 amide bonds. The Bertz CT molecular complexity index is 1590. The van der Waals surface area contributed by atoms with Gasteiger partial charge in [-0.3, -0.25) is 30.4 Å². The molecule has 9 N–H and O–H groups in total. The highest BCUT2D eigenvalue weighted by Gasteiger charge is 2.75. The summed E-state index contributed by atoms with van der Waals surface area (Å²) in [4.78, 5) is 46.8. The summed E-state index contributed by atoms with van der Waals surface area (Å²) >= 11 is 0. The predicted molar refractivity (Wildman–Crippen MR) is 155 cm³/mol. The molecule has 1 spiro atoms. The molecule has 0 radical (unpaired) electrons. The van der Waals surface area contributed by atoms with E-state index >= 15 is 0 Å². The standard InChI is InChI=1S/C29H33N9O5/c30-25-34-23-20(13-37-22(39)15-36(27(37)41)17-9-2-1-3-10-17)32-26(31)38-14-21(29(42,43)28(23,38)35-25)33-24(40)19-12-6-8-16-7-4-5-11-18(16)19/h1-3,6,8-10,12,20-21,23,42-43H,4-5,7,11,13-15H2,(H6,30,31,32,33,34,35,40)/p+1/t20-,21?,23?,28?/m0/s1. The molecule has 2 aromatic rings. The summed E-state index contributed by atoms with van der Waals surface area (Å²) in [7, 11) is 0. The lowest BCUT2D eigenvalue weighted by Gasteiger charge is -2.44. The minimum atomic E-state index is -2.62. The number of nitrogens with two attached hydrogens (primary N) is 2. The first-order valence-electron chi connectivity index (χ1n) is 14.4. The molecular formula is C29H34N9O5+. The normalized spacial score (nSPS) is 29.0. The average Bonchev–Trinajstić information content (AvgIpc) is 3.58. The smallest absolute Gasteiger partial charge is 0.346 e. The quantitative estimate of drug-likeness (QED) is 0.118. The van der Waals surface area contributed by atoms with Crippen LogP contribution in [-0.4, -0.2) is 98.7 Å². The number of hydrogen-bond acceptors (Lipinski definition) is 10. The zero-order chi connectivity index (χ0) is 30.1.